The van der Waals surface area contributed by atoms with Gasteiger partial charge >= 0.3 is 29.6 Å². The van der Waals surface area contributed by atoms with E-state index in [1.54, 1.807) is 13.8 Å². The quantitative estimate of drug-likeness (QED) is 0.257. The molecule has 0 bridgehead atoms. The first-order valence-corrected chi connectivity index (χ1v) is 3.36. The van der Waals surface area contributed by atoms with Gasteiger partial charge in [0, 0.05) is 0 Å². The zero-order valence-electron chi connectivity index (χ0n) is 5.80. The van der Waals surface area contributed by atoms with Crippen LogP contribution in [0.25, 0.3) is 0 Å². The molecule has 0 aromatic rings. The van der Waals surface area contributed by atoms with Gasteiger partial charge in [0.2, 0.25) is 0 Å². The smallest absolute Gasteiger partial charge is 0.771 e. The van der Waals surface area contributed by atoms with E-state index in [2.05, 4.69) is 4.52 Å². The largest absolute Gasteiger partial charge is 1.00 e. The number of hydrogen-bond donors (Lipinski definition) is 0. The Morgan fingerprint density at radius 2 is 2.11 bits per heavy atom. The minimum atomic E-state index is -3.01. The van der Waals surface area contributed by atoms with Crippen LogP contribution in [0.5, 0.6) is 0 Å². The van der Waals surface area contributed by atoms with E-state index >= 15 is 0 Å². The third-order valence-electron chi connectivity index (χ3n) is 0.391. The van der Waals surface area contributed by atoms with Crippen molar-refractivity contribution in [3.05, 3.63) is 11.8 Å². The summed E-state index contributed by atoms with van der Waals surface area (Å²) in [5, 5.41) is 0. The summed E-state index contributed by atoms with van der Waals surface area (Å²) in [5.41, 5.74) is 0.833. The predicted octanol–water partition coefficient (Wildman–Crippen LogP) is -2.32. The SMILES string of the molecule is CC(C)=CO[PH](=O)[O-].[Na+]. The third-order valence-corrected chi connectivity index (χ3v) is 0.701. The van der Waals surface area contributed by atoms with Crippen molar-refractivity contribution >= 4 is 8.25 Å². The van der Waals surface area contributed by atoms with E-state index in [4.69, 9.17) is 0 Å². The maximum absolute atomic E-state index is 9.71. The normalized spacial score (nSPS) is 11.0. The topological polar surface area (TPSA) is 49.4 Å². The standard InChI is InChI=1S/C4H9O3P.Na/c1-4(2)3-7-8(5)6;/h3,8H,1-2H3,(H,5,6);/q;+1/p-1. The molecular formula is C4H8NaO3P. The Hall–Kier alpha value is 0.730. The van der Waals surface area contributed by atoms with Crippen LogP contribution in [0.3, 0.4) is 0 Å². The van der Waals surface area contributed by atoms with Gasteiger partial charge in [0.1, 0.15) is 0 Å². The fourth-order valence-corrected chi connectivity index (χ4v) is 0.498. The summed E-state index contributed by atoms with van der Waals surface area (Å²) in [7, 11) is -3.01. The molecule has 0 saturated carbocycles. The predicted molar refractivity (Wildman–Crippen MR) is 29.5 cm³/mol. The molecule has 0 aliphatic carbocycles. The molecule has 0 N–H and O–H groups in total. The number of allylic oxidation sites excluding steroid dienone is 1. The summed E-state index contributed by atoms with van der Waals surface area (Å²) in [4.78, 5) is 9.71. The molecule has 0 fully saturated rings. The van der Waals surface area contributed by atoms with E-state index in [1.807, 2.05) is 0 Å². The Kier molecular flexibility index (Phi) is 9.44. The van der Waals surface area contributed by atoms with Gasteiger partial charge in [-0.3, -0.25) is 4.57 Å². The van der Waals surface area contributed by atoms with E-state index in [1.165, 1.54) is 6.26 Å². The van der Waals surface area contributed by atoms with Crippen molar-refractivity contribution in [2.45, 2.75) is 13.8 Å². The van der Waals surface area contributed by atoms with Crippen LogP contribution in [0.4, 0.5) is 0 Å². The van der Waals surface area contributed by atoms with Crippen LogP contribution in [-0.4, -0.2) is 0 Å². The van der Waals surface area contributed by atoms with E-state index in [0.29, 0.717) is 0 Å². The van der Waals surface area contributed by atoms with Gasteiger partial charge in [0.15, 0.2) is 8.25 Å². The summed E-state index contributed by atoms with van der Waals surface area (Å²) >= 11 is 0. The Bertz CT molecular complexity index is 119. The molecule has 0 aliphatic heterocycles. The molecule has 0 heterocycles. The van der Waals surface area contributed by atoms with Gasteiger partial charge in [-0.25, -0.2) is 0 Å². The van der Waals surface area contributed by atoms with Gasteiger partial charge in [0.05, 0.1) is 6.26 Å². The Balaban J connectivity index is 0. The molecule has 0 spiro atoms. The average molecular weight is 158 g/mol. The molecule has 1 atom stereocenters. The van der Waals surface area contributed by atoms with Crippen molar-refractivity contribution in [2.75, 3.05) is 0 Å². The average Bonchev–Trinajstić information content (AvgIpc) is 1.61. The fraction of sp³-hybridized carbons (Fsp3) is 0.500. The zero-order valence-corrected chi connectivity index (χ0v) is 8.80. The first-order chi connectivity index (χ1) is 3.63. The summed E-state index contributed by atoms with van der Waals surface area (Å²) < 4.78 is 13.8. The van der Waals surface area contributed by atoms with Crippen LogP contribution in [0.1, 0.15) is 13.8 Å². The molecule has 5 heteroatoms. The van der Waals surface area contributed by atoms with Crippen LogP contribution < -0.4 is 34.5 Å². The summed E-state index contributed by atoms with van der Waals surface area (Å²) in [6, 6.07) is 0. The maximum Gasteiger partial charge on any atom is 1.00 e. The second-order valence-corrected chi connectivity index (χ2v) is 2.30. The fourth-order valence-electron chi connectivity index (χ4n) is 0.166. The van der Waals surface area contributed by atoms with Crippen molar-refractivity contribution in [1.29, 1.82) is 0 Å². The molecule has 1 unspecified atom stereocenters. The van der Waals surface area contributed by atoms with Crippen LogP contribution in [-0.2, 0) is 9.09 Å². The van der Waals surface area contributed by atoms with Gasteiger partial charge < -0.3 is 9.42 Å². The molecule has 0 aromatic heterocycles. The monoisotopic (exact) mass is 158 g/mol. The molecule has 0 amide bonds. The van der Waals surface area contributed by atoms with Gasteiger partial charge in [-0.1, -0.05) is 0 Å². The number of rotatable bonds is 2. The molecule has 0 saturated heterocycles. The van der Waals surface area contributed by atoms with E-state index in [-0.39, 0.29) is 29.6 Å². The Morgan fingerprint density at radius 1 is 1.67 bits per heavy atom. The minimum absolute atomic E-state index is 0. The molecule has 48 valence electrons. The second kappa shape index (κ2) is 6.84. The molecule has 0 aromatic carbocycles. The molecule has 0 aliphatic rings. The van der Waals surface area contributed by atoms with Crippen molar-refractivity contribution in [3.8, 4) is 0 Å². The van der Waals surface area contributed by atoms with Gasteiger partial charge in [-0.15, -0.1) is 0 Å². The van der Waals surface area contributed by atoms with Crippen LogP contribution >= 0.6 is 8.25 Å². The van der Waals surface area contributed by atoms with Crippen molar-refractivity contribution in [1.82, 2.24) is 0 Å². The van der Waals surface area contributed by atoms with Crippen LogP contribution in [0, 0.1) is 0 Å². The van der Waals surface area contributed by atoms with Crippen LogP contribution in [0.15, 0.2) is 11.8 Å². The zero-order chi connectivity index (χ0) is 6.57. The molecule has 0 rings (SSSR count). The van der Waals surface area contributed by atoms with Gasteiger partial charge in [-0.2, -0.15) is 0 Å². The van der Waals surface area contributed by atoms with E-state index in [0.717, 1.165) is 5.57 Å². The first kappa shape index (κ1) is 12.4. The van der Waals surface area contributed by atoms with Gasteiger partial charge in [-0.05, 0) is 19.4 Å². The molecule has 9 heavy (non-hydrogen) atoms. The third kappa shape index (κ3) is 12.0. The Labute approximate surface area is 77.3 Å². The molecule has 3 nitrogen and oxygen atoms in total. The van der Waals surface area contributed by atoms with Crippen molar-refractivity contribution in [3.63, 3.8) is 0 Å². The molecule has 0 radical (unpaired) electrons. The van der Waals surface area contributed by atoms with Crippen LogP contribution in [0.2, 0.25) is 0 Å². The molecular weight excluding hydrogens is 150 g/mol. The second-order valence-electron chi connectivity index (χ2n) is 1.56. The van der Waals surface area contributed by atoms with E-state index in [9.17, 15) is 9.46 Å². The van der Waals surface area contributed by atoms with Crippen molar-refractivity contribution in [2.24, 2.45) is 0 Å². The van der Waals surface area contributed by atoms with E-state index < -0.39 is 8.25 Å². The van der Waals surface area contributed by atoms with Crippen molar-refractivity contribution < 1.29 is 43.5 Å². The Morgan fingerprint density at radius 3 is 2.22 bits per heavy atom. The first-order valence-electron chi connectivity index (χ1n) is 2.14. The maximum atomic E-state index is 9.71. The minimum Gasteiger partial charge on any atom is -0.771 e. The summed E-state index contributed by atoms with van der Waals surface area (Å²) in [5.74, 6) is 0. The van der Waals surface area contributed by atoms with Gasteiger partial charge in [0.25, 0.3) is 0 Å². The number of hydrogen-bond acceptors (Lipinski definition) is 3. The summed E-state index contributed by atoms with van der Waals surface area (Å²) in [6.45, 7) is 3.51. The summed E-state index contributed by atoms with van der Waals surface area (Å²) in [6.07, 6.45) is 1.20.